The first-order valence-corrected chi connectivity index (χ1v) is 4.22. The van der Waals surface area contributed by atoms with Crippen LogP contribution in [0.15, 0.2) is 0 Å². The molecular weight excluding hydrogens is 163 g/mol. The van der Waals surface area contributed by atoms with Crippen molar-refractivity contribution in [3.8, 4) is 0 Å². The van der Waals surface area contributed by atoms with E-state index in [1.165, 1.54) is 0 Å². The molecule has 0 aliphatic heterocycles. The fourth-order valence-corrected chi connectivity index (χ4v) is 1.96. The predicted molar refractivity (Wildman–Crippen MR) is 40.6 cm³/mol. The molecule has 0 spiro atoms. The van der Waals surface area contributed by atoms with Crippen LogP contribution in [-0.4, -0.2) is 21.4 Å². The Morgan fingerprint density at radius 2 is 2.12 bits per heavy atom. The van der Waals surface area contributed by atoms with Crippen LogP contribution in [0, 0.1) is 0 Å². The molecule has 0 aromatic heterocycles. The minimum absolute atomic E-state index is 0.0463. The Labute approximate surface area is 62.8 Å². The first-order chi connectivity index (χ1) is 3.72. The third-order valence-electron chi connectivity index (χ3n) is 0.986. The van der Waals surface area contributed by atoms with E-state index in [-0.39, 0.29) is 10.9 Å². The third kappa shape index (κ3) is 2.92. The van der Waals surface area contributed by atoms with E-state index >= 15 is 0 Å². The standard InChI is InChI=1S/C4H10Cl2OSi/c1-2-3(7-8)4(5)6/h3-4H,2H2,1,8H3. The number of alkyl halides is 2. The molecule has 0 aromatic rings. The summed E-state index contributed by atoms with van der Waals surface area (Å²) in [6.45, 7) is 2.00. The van der Waals surface area contributed by atoms with Crippen molar-refractivity contribution in [2.75, 3.05) is 0 Å². The van der Waals surface area contributed by atoms with Gasteiger partial charge in [-0.15, -0.1) is 23.2 Å². The molecule has 1 nitrogen and oxygen atoms in total. The maximum absolute atomic E-state index is 5.51. The van der Waals surface area contributed by atoms with Gasteiger partial charge in [-0.1, -0.05) is 6.92 Å². The van der Waals surface area contributed by atoms with Crippen molar-refractivity contribution in [3.05, 3.63) is 0 Å². The molecule has 0 fully saturated rings. The highest BCUT2D eigenvalue weighted by Gasteiger charge is 2.11. The van der Waals surface area contributed by atoms with Crippen LogP contribution >= 0.6 is 23.2 Å². The van der Waals surface area contributed by atoms with Crippen LogP contribution in [0.4, 0.5) is 0 Å². The zero-order valence-corrected chi connectivity index (χ0v) is 8.54. The van der Waals surface area contributed by atoms with Gasteiger partial charge in [-0.2, -0.15) is 0 Å². The van der Waals surface area contributed by atoms with Crippen molar-refractivity contribution >= 4 is 33.7 Å². The first-order valence-electron chi connectivity index (χ1n) is 2.53. The first kappa shape index (κ1) is 8.76. The van der Waals surface area contributed by atoms with Gasteiger partial charge in [0.1, 0.15) is 15.3 Å². The highest BCUT2D eigenvalue weighted by atomic mass is 35.5. The molecule has 0 saturated heterocycles. The predicted octanol–water partition coefficient (Wildman–Crippen LogP) is 0.866. The lowest BCUT2D eigenvalue weighted by Gasteiger charge is -2.12. The van der Waals surface area contributed by atoms with E-state index in [4.69, 9.17) is 27.6 Å². The van der Waals surface area contributed by atoms with Crippen molar-refractivity contribution in [3.63, 3.8) is 0 Å². The summed E-state index contributed by atoms with van der Waals surface area (Å²) < 4.78 is 5.04. The van der Waals surface area contributed by atoms with E-state index < -0.39 is 0 Å². The second-order valence-corrected chi connectivity index (χ2v) is 3.15. The topological polar surface area (TPSA) is 9.23 Å². The Morgan fingerprint density at radius 3 is 2.12 bits per heavy atom. The van der Waals surface area contributed by atoms with Crippen LogP contribution < -0.4 is 0 Å². The summed E-state index contributed by atoms with van der Waals surface area (Å²) >= 11 is 11.0. The highest BCUT2D eigenvalue weighted by molar-refractivity contribution is 6.44. The van der Waals surface area contributed by atoms with Crippen molar-refractivity contribution in [1.29, 1.82) is 0 Å². The zero-order chi connectivity index (χ0) is 6.57. The van der Waals surface area contributed by atoms with E-state index in [0.29, 0.717) is 10.5 Å². The Balaban J connectivity index is 3.35. The maximum Gasteiger partial charge on any atom is 0.146 e. The van der Waals surface area contributed by atoms with Gasteiger partial charge in [-0.05, 0) is 6.42 Å². The van der Waals surface area contributed by atoms with E-state index in [0.717, 1.165) is 6.42 Å². The molecular formula is C4H10Cl2OSi. The summed E-state index contributed by atoms with van der Waals surface area (Å²) in [7, 11) is 0.711. The Hall–Kier alpha value is 0.757. The molecule has 1 atom stereocenters. The Bertz CT molecular complexity index is 56.0. The van der Waals surface area contributed by atoms with E-state index in [1.807, 2.05) is 6.92 Å². The fourth-order valence-electron chi connectivity index (χ4n) is 0.448. The average molecular weight is 173 g/mol. The second-order valence-electron chi connectivity index (χ2n) is 1.52. The summed E-state index contributed by atoms with van der Waals surface area (Å²) in [6, 6.07) is 0. The minimum atomic E-state index is -0.363. The number of hydrogen-bond acceptors (Lipinski definition) is 1. The monoisotopic (exact) mass is 172 g/mol. The molecule has 50 valence electrons. The Kier molecular flexibility index (Phi) is 5.06. The van der Waals surface area contributed by atoms with E-state index in [1.54, 1.807) is 0 Å². The van der Waals surface area contributed by atoms with Gasteiger partial charge >= 0.3 is 0 Å². The summed E-state index contributed by atoms with van der Waals surface area (Å²) in [5.74, 6) is 0. The number of rotatable bonds is 3. The summed E-state index contributed by atoms with van der Waals surface area (Å²) in [5, 5.41) is 0. The second kappa shape index (κ2) is 4.62. The van der Waals surface area contributed by atoms with E-state index in [2.05, 4.69) is 0 Å². The van der Waals surface area contributed by atoms with Crippen LogP contribution in [0.3, 0.4) is 0 Å². The minimum Gasteiger partial charge on any atom is -0.422 e. The van der Waals surface area contributed by atoms with Gasteiger partial charge in [-0.25, -0.2) is 0 Å². The molecule has 4 heteroatoms. The number of halogens is 2. The van der Waals surface area contributed by atoms with Crippen molar-refractivity contribution in [2.24, 2.45) is 0 Å². The average Bonchev–Trinajstić information content (AvgIpc) is 1.69. The van der Waals surface area contributed by atoms with Crippen molar-refractivity contribution < 1.29 is 4.43 Å². The lowest BCUT2D eigenvalue weighted by Crippen LogP contribution is -2.17. The molecule has 0 aliphatic carbocycles. The largest absolute Gasteiger partial charge is 0.422 e. The molecule has 0 aromatic carbocycles. The van der Waals surface area contributed by atoms with Gasteiger partial charge in [-0.3, -0.25) is 0 Å². The summed E-state index contributed by atoms with van der Waals surface area (Å²) in [5.41, 5.74) is 0. The molecule has 0 heterocycles. The van der Waals surface area contributed by atoms with Crippen LogP contribution in [-0.2, 0) is 4.43 Å². The molecule has 0 amide bonds. The smallest absolute Gasteiger partial charge is 0.146 e. The number of hydrogen-bond donors (Lipinski definition) is 0. The van der Waals surface area contributed by atoms with Gasteiger partial charge in [0.2, 0.25) is 0 Å². The maximum atomic E-state index is 5.51. The van der Waals surface area contributed by atoms with Gasteiger partial charge in [0, 0.05) is 0 Å². The zero-order valence-electron chi connectivity index (χ0n) is 5.03. The lowest BCUT2D eigenvalue weighted by molar-refractivity contribution is 0.232. The SMILES string of the molecule is CCC(O[SiH3])C(Cl)Cl. The third-order valence-corrected chi connectivity index (χ3v) is 2.15. The highest BCUT2D eigenvalue weighted by Crippen LogP contribution is 2.12. The molecule has 0 rings (SSSR count). The van der Waals surface area contributed by atoms with Crippen LogP contribution in [0.1, 0.15) is 13.3 Å². The quantitative estimate of drug-likeness (QED) is 0.454. The molecule has 0 radical (unpaired) electrons. The normalized spacial score (nSPS) is 15.0. The molecule has 8 heavy (non-hydrogen) atoms. The summed E-state index contributed by atoms with van der Waals surface area (Å²) in [4.78, 5) is -0.363. The van der Waals surface area contributed by atoms with Crippen LogP contribution in [0.25, 0.3) is 0 Å². The van der Waals surface area contributed by atoms with Gasteiger partial charge in [0.15, 0.2) is 0 Å². The van der Waals surface area contributed by atoms with Crippen LogP contribution in [0.2, 0.25) is 0 Å². The van der Waals surface area contributed by atoms with E-state index in [9.17, 15) is 0 Å². The van der Waals surface area contributed by atoms with Gasteiger partial charge in [0.25, 0.3) is 0 Å². The molecule has 0 bridgehead atoms. The van der Waals surface area contributed by atoms with Crippen molar-refractivity contribution in [2.45, 2.75) is 24.3 Å². The van der Waals surface area contributed by atoms with Crippen molar-refractivity contribution in [1.82, 2.24) is 0 Å². The molecule has 0 N–H and O–H groups in total. The lowest BCUT2D eigenvalue weighted by atomic mass is 10.3. The van der Waals surface area contributed by atoms with Gasteiger partial charge in [0.05, 0.1) is 6.10 Å². The fraction of sp³-hybridized carbons (Fsp3) is 1.00. The summed E-state index contributed by atoms with van der Waals surface area (Å²) in [6.07, 6.45) is 0.936. The van der Waals surface area contributed by atoms with Gasteiger partial charge < -0.3 is 4.43 Å². The van der Waals surface area contributed by atoms with Crippen LogP contribution in [0.5, 0.6) is 0 Å². The molecule has 0 aliphatic rings. The molecule has 1 unspecified atom stereocenters. The molecule has 0 saturated carbocycles. The Morgan fingerprint density at radius 1 is 1.62 bits per heavy atom.